The first-order chi connectivity index (χ1) is 4.84. The van der Waals surface area contributed by atoms with Crippen LogP contribution in [0.1, 0.15) is 6.92 Å². The molecule has 1 atom stereocenters. The largest absolute Gasteiger partial charge is 0.329 e. The Morgan fingerprint density at radius 2 is 2.10 bits per heavy atom. The van der Waals surface area contributed by atoms with E-state index in [4.69, 9.17) is 5.73 Å². The molecule has 0 radical (unpaired) electrons. The third-order valence-corrected chi connectivity index (χ3v) is 2.12. The Balaban J connectivity index is 2.24. The van der Waals surface area contributed by atoms with Crippen molar-refractivity contribution in [2.45, 2.75) is 13.0 Å². The summed E-state index contributed by atoms with van der Waals surface area (Å²) in [6.45, 7) is 7.50. The van der Waals surface area contributed by atoms with E-state index in [2.05, 4.69) is 17.1 Å². The van der Waals surface area contributed by atoms with Crippen LogP contribution in [0.2, 0.25) is 0 Å². The van der Waals surface area contributed by atoms with Crippen LogP contribution in [0.4, 0.5) is 0 Å². The summed E-state index contributed by atoms with van der Waals surface area (Å²) in [5, 5.41) is 3.31. The van der Waals surface area contributed by atoms with Gasteiger partial charge < -0.3 is 11.1 Å². The molecular formula is C7H17N3. The third-order valence-electron chi connectivity index (χ3n) is 2.12. The van der Waals surface area contributed by atoms with E-state index < -0.39 is 0 Å². The molecule has 0 aromatic heterocycles. The molecule has 0 spiro atoms. The highest BCUT2D eigenvalue weighted by Crippen LogP contribution is 1.97. The van der Waals surface area contributed by atoms with Crippen LogP contribution in [0.5, 0.6) is 0 Å². The first-order valence-corrected chi connectivity index (χ1v) is 3.99. The molecule has 60 valence electrons. The lowest BCUT2D eigenvalue weighted by Crippen LogP contribution is -2.49. The van der Waals surface area contributed by atoms with Crippen molar-refractivity contribution in [1.29, 1.82) is 0 Å². The molecule has 0 bridgehead atoms. The summed E-state index contributed by atoms with van der Waals surface area (Å²) >= 11 is 0. The molecular weight excluding hydrogens is 126 g/mol. The van der Waals surface area contributed by atoms with Crippen LogP contribution in [-0.4, -0.2) is 43.7 Å². The maximum Gasteiger partial charge on any atom is 0.0191 e. The van der Waals surface area contributed by atoms with Crippen LogP contribution in [0, 0.1) is 0 Å². The van der Waals surface area contributed by atoms with Gasteiger partial charge in [0, 0.05) is 38.8 Å². The predicted octanol–water partition coefficient (Wildman–Crippen LogP) is -0.761. The fourth-order valence-electron chi connectivity index (χ4n) is 1.27. The standard InChI is InChI=1S/C7H17N3/c1-7(6-8)10-4-2-9-3-5-10/h7,9H,2-6,8H2,1H3. The molecule has 0 amide bonds. The molecule has 0 saturated carbocycles. The molecule has 3 heteroatoms. The highest BCUT2D eigenvalue weighted by atomic mass is 15.2. The Bertz CT molecular complexity index is 88.9. The van der Waals surface area contributed by atoms with Crippen molar-refractivity contribution in [1.82, 2.24) is 10.2 Å². The highest BCUT2D eigenvalue weighted by Gasteiger charge is 2.13. The third kappa shape index (κ3) is 1.94. The smallest absolute Gasteiger partial charge is 0.0191 e. The van der Waals surface area contributed by atoms with Crippen molar-refractivity contribution in [3.05, 3.63) is 0 Å². The summed E-state index contributed by atoms with van der Waals surface area (Å²) in [5.41, 5.74) is 5.54. The van der Waals surface area contributed by atoms with E-state index in [0.717, 1.165) is 32.7 Å². The molecule has 0 aliphatic carbocycles. The van der Waals surface area contributed by atoms with Gasteiger partial charge in [0.15, 0.2) is 0 Å². The number of nitrogens with two attached hydrogens (primary N) is 1. The molecule has 1 saturated heterocycles. The number of nitrogens with zero attached hydrogens (tertiary/aromatic N) is 1. The molecule has 1 fully saturated rings. The maximum atomic E-state index is 5.54. The Hall–Kier alpha value is -0.120. The van der Waals surface area contributed by atoms with Gasteiger partial charge in [-0.3, -0.25) is 4.90 Å². The summed E-state index contributed by atoms with van der Waals surface area (Å²) in [6, 6.07) is 0.557. The SMILES string of the molecule is CC(CN)N1CCNCC1. The van der Waals surface area contributed by atoms with Gasteiger partial charge in [0.05, 0.1) is 0 Å². The van der Waals surface area contributed by atoms with Gasteiger partial charge in [-0.05, 0) is 6.92 Å². The lowest BCUT2D eigenvalue weighted by atomic mass is 10.2. The van der Waals surface area contributed by atoms with Gasteiger partial charge in [0.1, 0.15) is 0 Å². The zero-order valence-electron chi connectivity index (χ0n) is 6.64. The Morgan fingerprint density at radius 1 is 1.50 bits per heavy atom. The van der Waals surface area contributed by atoms with Crippen molar-refractivity contribution in [3.8, 4) is 0 Å². The van der Waals surface area contributed by atoms with Crippen LogP contribution < -0.4 is 11.1 Å². The highest BCUT2D eigenvalue weighted by molar-refractivity contribution is 4.73. The second kappa shape index (κ2) is 3.91. The molecule has 1 aliphatic heterocycles. The van der Waals surface area contributed by atoms with Crippen molar-refractivity contribution in [3.63, 3.8) is 0 Å². The van der Waals surface area contributed by atoms with Crippen molar-refractivity contribution in [2.75, 3.05) is 32.7 Å². The van der Waals surface area contributed by atoms with Crippen molar-refractivity contribution < 1.29 is 0 Å². The zero-order chi connectivity index (χ0) is 7.40. The van der Waals surface area contributed by atoms with Gasteiger partial charge in [-0.1, -0.05) is 0 Å². The van der Waals surface area contributed by atoms with Gasteiger partial charge in [-0.15, -0.1) is 0 Å². The van der Waals surface area contributed by atoms with Crippen molar-refractivity contribution in [2.24, 2.45) is 5.73 Å². The summed E-state index contributed by atoms with van der Waals surface area (Å²) in [7, 11) is 0. The molecule has 3 nitrogen and oxygen atoms in total. The maximum absolute atomic E-state index is 5.54. The van der Waals surface area contributed by atoms with Gasteiger partial charge in [0.25, 0.3) is 0 Å². The second-order valence-electron chi connectivity index (χ2n) is 2.87. The fraction of sp³-hybridized carbons (Fsp3) is 1.00. The van der Waals surface area contributed by atoms with E-state index in [9.17, 15) is 0 Å². The summed E-state index contributed by atoms with van der Waals surface area (Å²) in [6.07, 6.45) is 0. The Morgan fingerprint density at radius 3 is 2.60 bits per heavy atom. The van der Waals surface area contributed by atoms with Crippen molar-refractivity contribution >= 4 is 0 Å². The number of hydrogen-bond donors (Lipinski definition) is 2. The fourth-order valence-corrected chi connectivity index (χ4v) is 1.27. The van der Waals surface area contributed by atoms with E-state index >= 15 is 0 Å². The van der Waals surface area contributed by atoms with Crippen LogP contribution in [-0.2, 0) is 0 Å². The van der Waals surface area contributed by atoms with E-state index in [1.54, 1.807) is 0 Å². The quantitative estimate of drug-likeness (QED) is 0.534. The number of hydrogen-bond acceptors (Lipinski definition) is 3. The van der Waals surface area contributed by atoms with Gasteiger partial charge in [0.2, 0.25) is 0 Å². The van der Waals surface area contributed by atoms with Crippen LogP contribution in [0.15, 0.2) is 0 Å². The minimum atomic E-state index is 0.557. The van der Waals surface area contributed by atoms with E-state index in [0.29, 0.717) is 6.04 Å². The first kappa shape index (κ1) is 7.98. The van der Waals surface area contributed by atoms with Crippen LogP contribution in [0.3, 0.4) is 0 Å². The number of nitrogens with one attached hydrogen (secondary N) is 1. The summed E-state index contributed by atoms with van der Waals surface area (Å²) < 4.78 is 0. The Kier molecular flexibility index (Phi) is 3.12. The van der Waals surface area contributed by atoms with Gasteiger partial charge in [-0.25, -0.2) is 0 Å². The summed E-state index contributed by atoms with van der Waals surface area (Å²) in [5.74, 6) is 0. The molecule has 1 unspecified atom stereocenters. The average molecular weight is 143 g/mol. The molecule has 0 aromatic rings. The van der Waals surface area contributed by atoms with E-state index in [1.807, 2.05) is 0 Å². The molecule has 10 heavy (non-hydrogen) atoms. The van der Waals surface area contributed by atoms with Crippen LogP contribution in [0.25, 0.3) is 0 Å². The molecule has 1 rings (SSSR count). The molecule has 0 aromatic carbocycles. The Labute approximate surface area is 62.6 Å². The van der Waals surface area contributed by atoms with E-state index in [1.165, 1.54) is 0 Å². The molecule has 1 heterocycles. The normalized spacial score (nSPS) is 24.6. The lowest BCUT2D eigenvalue weighted by molar-refractivity contribution is 0.188. The second-order valence-corrected chi connectivity index (χ2v) is 2.87. The van der Waals surface area contributed by atoms with Gasteiger partial charge in [-0.2, -0.15) is 0 Å². The topological polar surface area (TPSA) is 41.3 Å². The zero-order valence-corrected chi connectivity index (χ0v) is 6.64. The van der Waals surface area contributed by atoms with E-state index in [-0.39, 0.29) is 0 Å². The van der Waals surface area contributed by atoms with Crippen LogP contribution >= 0.6 is 0 Å². The minimum Gasteiger partial charge on any atom is -0.329 e. The number of rotatable bonds is 2. The monoisotopic (exact) mass is 143 g/mol. The summed E-state index contributed by atoms with van der Waals surface area (Å²) in [4.78, 5) is 2.43. The predicted molar refractivity (Wildman–Crippen MR) is 43.0 cm³/mol. The average Bonchev–Trinajstić information content (AvgIpc) is 2.05. The van der Waals surface area contributed by atoms with Gasteiger partial charge >= 0.3 is 0 Å². The molecule has 3 N–H and O–H groups in total. The lowest BCUT2D eigenvalue weighted by Gasteiger charge is -2.31. The first-order valence-electron chi connectivity index (χ1n) is 3.99. The molecule has 1 aliphatic rings. The number of piperazine rings is 1. The minimum absolute atomic E-state index is 0.557.